The quantitative estimate of drug-likeness (QED) is 0.500. The first-order chi connectivity index (χ1) is 5.02. The van der Waals surface area contributed by atoms with Crippen LogP contribution in [-0.2, 0) is 4.74 Å². The fourth-order valence-corrected chi connectivity index (χ4v) is 0.953. The number of ether oxygens (including phenoxy) is 1. The average molecular weight is 165 g/mol. The molecule has 1 atom stereocenters. The Bertz CT molecular complexity index is 134. The zero-order valence-corrected chi connectivity index (χ0v) is 6.73. The summed E-state index contributed by atoms with van der Waals surface area (Å²) in [5.74, 6) is 0. The molecule has 1 fully saturated rings. The van der Waals surface area contributed by atoms with Gasteiger partial charge in [-0.1, -0.05) is 13.8 Å². The number of epoxide rings is 1. The van der Waals surface area contributed by atoms with Gasteiger partial charge in [-0.2, -0.15) is 8.78 Å². The van der Waals surface area contributed by atoms with Gasteiger partial charge in [0.25, 0.3) is 6.55 Å². The molecule has 1 saturated heterocycles. The van der Waals surface area contributed by atoms with Crippen molar-refractivity contribution in [3.8, 4) is 0 Å². The highest BCUT2D eigenvalue weighted by Crippen LogP contribution is 2.31. The Balaban J connectivity index is 2.22. The number of nitrogens with one attached hydrogen (secondary N) is 1. The third-order valence-corrected chi connectivity index (χ3v) is 1.92. The molecule has 1 rings (SSSR count). The van der Waals surface area contributed by atoms with Gasteiger partial charge < -0.3 is 4.74 Å². The molecule has 1 heterocycles. The normalized spacial score (nSPS) is 24.3. The molecule has 1 N–H and O–H groups in total. The molecule has 66 valence electrons. The van der Waals surface area contributed by atoms with E-state index in [1.54, 1.807) is 0 Å². The lowest BCUT2D eigenvalue weighted by Gasteiger charge is -2.22. The lowest BCUT2D eigenvalue weighted by molar-refractivity contribution is 0.0868. The largest absolute Gasteiger partial charge is 0.372 e. The maximum Gasteiger partial charge on any atom is 0.292 e. The average Bonchev–Trinajstić information content (AvgIpc) is 2.64. The van der Waals surface area contributed by atoms with E-state index < -0.39 is 6.55 Å². The van der Waals surface area contributed by atoms with E-state index in [0.717, 1.165) is 0 Å². The molecule has 0 aromatic carbocycles. The van der Waals surface area contributed by atoms with E-state index in [-0.39, 0.29) is 11.5 Å². The minimum atomic E-state index is -2.42. The maximum atomic E-state index is 11.7. The van der Waals surface area contributed by atoms with Crippen LogP contribution in [-0.4, -0.2) is 25.8 Å². The molecular weight excluding hydrogens is 152 g/mol. The van der Waals surface area contributed by atoms with Gasteiger partial charge in [0.05, 0.1) is 12.7 Å². The van der Waals surface area contributed by atoms with Crippen LogP contribution in [0.15, 0.2) is 0 Å². The third-order valence-electron chi connectivity index (χ3n) is 1.92. The maximum absolute atomic E-state index is 11.7. The van der Waals surface area contributed by atoms with E-state index in [9.17, 15) is 8.78 Å². The molecular formula is C7H13F2NO. The summed E-state index contributed by atoms with van der Waals surface area (Å²) in [6.07, 6.45) is 0.161. The topological polar surface area (TPSA) is 24.6 Å². The Labute approximate surface area is 64.9 Å². The molecule has 1 aliphatic rings. The van der Waals surface area contributed by atoms with Crippen LogP contribution in [0.2, 0.25) is 0 Å². The second kappa shape index (κ2) is 3.03. The highest BCUT2D eigenvalue weighted by molar-refractivity contribution is 4.88. The van der Waals surface area contributed by atoms with Gasteiger partial charge in [-0.05, 0) is 0 Å². The zero-order valence-electron chi connectivity index (χ0n) is 6.73. The molecule has 0 amide bonds. The van der Waals surface area contributed by atoms with Crippen molar-refractivity contribution in [2.45, 2.75) is 26.5 Å². The van der Waals surface area contributed by atoms with Gasteiger partial charge in [-0.25, -0.2) is 0 Å². The van der Waals surface area contributed by atoms with Gasteiger partial charge in [-0.15, -0.1) is 0 Å². The first-order valence-corrected chi connectivity index (χ1v) is 3.65. The number of hydrogen-bond donors (Lipinski definition) is 1. The van der Waals surface area contributed by atoms with Crippen LogP contribution in [0, 0.1) is 5.41 Å². The van der Waals surface area contributed by atoms with Crippen LogP contribution in [0.4, 0.5) is 8.78 Å². The van der Waals surface area contributed by atoms with E-state index in [1.807, 2.05) is 13.8 Å². The number of alkyl halides is 2. The number of rotatable bonds is 4. The molecule has 1 aliphatic heterocycles. The number of halogens is 2. The van der Waals surface area contributed by atoms with Crippen molar-refractivity contribution in [1.82, 2.24) is 5.32 Å². The molecule has 2 nitrogen and oxygen atoms in total. The molecule has 4 heteroatoms. The second-order valence-corrected chi connectivity index (χ2v) is 3.49. The summed E-state index contributed by atoms with van der Waals surface area (Å²) >= 11 is 0. The Hall–Kier alpha value is -0.220. The van der Waals surface area contributed by atoms with Crippen LogP contribution in [0.1, 0.15) is 13.8 Å². The minimum absolute atomic E-state index is 0.161. The van der Waals surface area contributed by atoms with Crippen molar-refractivity contribution < 1.29 is 13.5 Å². The predicted octanol–water partition coefficient (Wildman–Crippen LogP) is 1.22. The Morgan fingerprint density at radius 1 is 1.64 bits per heavy atom. The van der Waals surface area contributed by atoms with Crippen molar-refractivity contribution in [2.75, 3.05) is 13.2 Å². The van der Waals surface area contributed by atoms with Crippen LogP contribution in [0.5, 0.6) is 0 Å². The highest BCUT2D eigenvalue weighted by Gasteiger charge is 2.39. The Morgan fingerprint density at radius 2 is 2.18 bits per heavy atom. The Morgan fingerprint density at radius 3 is 2.55 bits per heavy atom. The standard InChI is InChI=1S/C7H13F2NO/c1-7(2,5-3-11-5)4-10-6(8)9/h5-6,10H,3-4H2,1-2H3. The fourth-order valence-electron chi connectivity index (χ4n) is 0.953. The summed E-state index contributed by atoms with van der Waals surface area (Å²) in [6.45, 7) is 2.42. The van der Waals surface area contributed by atoms with Crippen molar-refractivity contribution in [2.24, 2.45) is 5.41 Å². The summed E-state index contributed by atoms with van der Waals surface area (Å²) in [5, 5.41) is 2.09. The molecule has 0 bridgehead atoms. The SMILES string of the molecule is CC(C)(CNC(F)F)C1CO1. The second-order valence-electron chi connectivity index (χ2n) is 3.49. The highest BCUT2D eigenvalue weighted by atomic mass is 19.3. The lowest BCUT2D eigenvalue weighted by Crippen LogP contribution is -2.36. The smallest absolute Gasteiger partial charge is 0.292 e. The van der Waals surface area contributed by atoms with Gasteiger partial charge in [0, 0.05) is 12.0 Å². The Kier molecular flexibility index (Phi) is 2.44. The van der Waals surface area contributed by atoms with E-state index in [0.29, 0.717) is 13.2 Å². The van der Waals surface area contributed by atoms with Gasteiger partial charge >= 0.3 is 0 Å². The van der Waals surface area contributed by atoms with Crippen LogP contribution < -0.4 is 5.32 Å². The fraction of sp³-hybridized carbons (Fsp3) is 1.00. The summed E-state index contributed by atoms with van der Waals surface area (Å²) < 4.78 is 28.4. The van der Waals surface area contributed by atoms with Gasteiger partial charge in [-0.3, -0.25) is 5.32 Å². The summed E-state index contributed by atoms with van der Waals surface area (Å²) in [7, 11) is 0. The summed E-state index contributed by atoms with van der Waals surface area (Å²) in [6, 6.07) is 0. The molecule has 0 aromatic heterocycles. The monoisotopic (exact) mass is 165 g/mol. The first-order valence-electron chi connectivity index (χ1n) is 3.65. The van der Waals surface area contributed by atoms with Crippen molar-refractivity contribution in [1.29, 1.82) is 0 Å². The van der Waals surface area contributed by atoms with Crippen molar-refractivity contribution >= 4 is 0 Å². The van der Waals surface area contributed by atoms with Crippen molar-refractivity contribution in [3.63, 3.8) is 0 Å². The van der Waals surface area contributed by atoms with E-state index >= 15 is 0 Å². The summed E-state index contributed by atoms with van der Waals surface area (Å²) in [5.41, 5.74) is -0.170. The third kappa shape index (κ3) is 2.71. The van der Waals surface area contributed by atoms with E-state index in [4.69, 9.17) is 4.74 Å². The molecule has 0 spiro atoms. The number of hydrogen-bond acceptors (Lipinski definition) is 2. The van der Waals surface area contributed by atoms with Crippen LogP contribution >= 0.6 is 0 Å². The van der Waals surface area contributed by atoms with E-state index in [1.165, 1.54) is 0 Å². The molecule has 0 aromatic rings. The van der Waals surface area contributed by atoms with Gasteiger partial charge in [0.1, 0.15) is 0 Å². The van der Waals surface area contributed by atoms with Gasteiger partial charge in [0.2, 0.25) is 0 Å². The van der Waals surface area contributed by atoms with Crippen molar-refractivity contribution in [3.05, 3.63) is 0 Å². The van der Waals surface area contributed by atoms with Crippen LogP contribution in [0.3, 0.4) is 0 Å². The van der Waals surface area contributed by atoms with Gasteiger partial charge in [0.15, 0.2) is 0 Å². The first kappa shape index (κ1) is 8.87. The molecule has 0 radical (unpaired) electrons. The lowest BCUT2D eigenvalue weighted by atomic mass is 9.90. The molecule has 0 saturated carbocycles. The minimum Gasteiger partial charge on any atom is -0.372 e. The van der Waals surface area contributed by atoms with E-state index in [2.05, 4.69) is 5.32 Å². The molecule has 11 heavy (non-hydrogen) atoms. The molecule has 1 unspecified atom stereocenters. The molecule has 0 aliphatic carbocycles. The predicted molar refractivity (Wildman–Crippen MR) is 37.5 cm³/mol. The zero-order chi connectivity index (χ0) is 8.48. The van der Waals surface area contributed by atoms with Crippen LogP contribution in [0.25, 0.3) is 0 Å². The summed E-state index contributed by atoms with van der Waals surface area (Å²) in [4.78, 5) is 0.